The van der Waals surface area contributed by atoms with Crippen molar-refractivity contribution in [3.05, 3.63) is 52.5 Å². The lowest BCUT2D eigenvalue weighted by Crippen LogP contribution is -2.47. The van der Waals surface area contributed by atoms with Gasteiger partial charge in [0, 0.05) is 48.8 Å². The SMILES string of the molecule is Br.O=C1Cc2cc(CCN3CCN(c4nsc5ccccc45)CC3)c(Cl)cc2N1. The van der Waals surface area contributed by atoms with E-state index < -0.39 is 0 Å². The number of hydrogen-bond donors (Lipinski definition) is 1. The van der Waals surface area contributed by atoms with Crippen molar-refractivity contribution in [3.8, 4) is 0 Å². The molecule has 0 bridgehead atoms. The van der Waals surface area contributed by atoms with Crippen LogP contribution >= 0.6 is 40.1 Å². The molecule has 8 heteroatoms. The summed E-state index contributed by atoms with van der Waals surface area (Å²) in [5.41, 5.74) is 3.05. The maximum atomic E-state index is 11.6. The van der Waals surface area contributed by atoms with E-state index in [-0.39, 0.29) is 22.9 Å². The van der Waals surface area contributed by atoms with Gasteiger partial charge in [-0.1, -0.05) is 29.8 Å². The van der Waals surface area contributed by atoms with E-state index in [0.717, 1.165) is 66.8 Å². The number of nitrogens with one attached hydrogen (secondary N) is 1. The Morgan fingerprint density at radius 1 is 1.14 bits per heavy atom. The molecule has 1 N–H and O–H groups in total. The van der Waals surface area contributed by atoms with Crippen molar-refractivity contribution in [1.82, 2.24) is 9.27 Å². The minimum absolute atomic E-state index is 0. The molecule has 0 radical (unpaired) electrons. The van der Waals surface area contributed by atoms with Crippen LogP contribution in [0.4, 0.5) is 11.5 Å². The average Bonchev–Trinajstić information content (AvgIpc) is 3.29. The number of carbonyl (C=O) groups excluding carboxylic acids is 1. The van der Waals surface area contributed by atoms with E-state index in [2.05, 4.69) is 49.8 Å². The molecule has 0 saturated carbocycles. The first-order chi connectivity index (χ1) is 13.7. The molecule has 5 rings (SSSR count). The highest BCUT2D eigenvalue weighted by atomic mass is 79.9. The highest BCUT2D eigenvalue weighted by Gasteiger charge is 2.22. The number of nitrogens with zero attached hydrogens (tertiary/aromatic N) is 3. The lowest BCUT2D eigenvalue weighted by molar-refractivity contribution is -0.115. The molecule has 2 aromatic carbocycles. The van der Waals surface area contributed by atoms with Crippen LogP contribution in [-0.4, -0.2) is 47.9 Å². The zero-order valence-corrected chi connectivity index (χ0v) is 19.1. The summed E-state index contributed by atoms with van der Waals surface area (Å²) < 4.78 is 5.94. The number of fused-ring (bicyclic) bond motifs is 2. The minimum atomic E-state index is 0. The predicted molar refractivity (Wildman–Crippen MR) is 126 cm³/mol. The number of carbonyl (C=O) groups is 1. The van der Waals surface area contributed by atoms with Crippen LogP contribution in [-0.2, 0) is 17.6 Å². The topological polar surface area (TPSA) is 48.5 Å². The number of benzene rings is 2. The summed E-state index contributed by atoms with van der Waals surface area (Å²) in [6.07, 6.45) is 1.36. The number of anilines is 2. The van der Waals surface area contributed by atoms with Crippen LogP contribution in [0.5, 0.6) is 0 Å². The molecule has 3 aromatic rings. The monoisotopic (exact) mass is 492 g/mol. The Hall–Kier alpha value is -1.67. The fraction of sp³-hybridized carbons (Fsp3) is 0.333. The summed E-state index contributed by atoms with van der Waals surface area (Å²) in [5, 5.41) is 4.86. The first-order valence-corrected chi connectivity index (χ1v) is 10.8. The van der Waals surface area contributed by atoms with Gasteiger partial charge in [-0.25, -0.2) is 0 Å². The normalized spacial score (nSPS) is 16.6. The highest BCUT2D eigenvalue weighted by Crippen LogP contribution is 2.31. The van der Waals surface area contributed by atoms with Gasteiger partial charge in [-0.2, -0.15) is 4.37 Å². The molecule has 2 aliphatic rings. The van der Waals surface area contributed by atoms with Crippen LogP contribution in [0.1, 0.15) is 11.1 Å². The first kappa shape index (κ1) is 20.6. The van der Waals surface area contributed by atoms with Crippen LogP contribution in [0.25, 0.3) is 10.1 Å². The van der Waals surface area contributed by atoms with Crippen LogP contribution in [0.15, 0.2) is 36.4 Å². The first-order valence-electron chi connectivity index (χ1n) is 9.60. The number of halogens is 2. The van der Waals surface area contributed by atoms with Gasteiger partial charge in [0.05, 0.1) is 11.1 Å². The van der Waals surface area contributed by atoms with Crippen LogP contribution in [0, 0.1) is 0 Å². The fourth-order valence-corrected chi connectivity index (χ4v) is 5.11. The molecule has 152 valence electrons. The summed E-state index contributed by atoms with van der Waals surface area (Å²) in [4.78, 5) is 16.4. The maximum absolute atomic E-state index is 11.6. The number of hydrogen-bond acceptors (Lipinski definition) is 5. The van der Waals surface area contributed by atoms with Crippen molar-refractivity contribution in [2.24, 2.45) is 0 Å². The zero-order chi connectivity index (χ0) is 19.1. The smallest absolute Gasteiger partial charge is 0.228 e. The maximum Gasteiger partial charge on any atom is 0.228 e. The van der Waals surface area contributed by atoms with Gasteiger partial charge in [0.1, 0.15) is 5.82 Å². The van der Waals surface area contributed by atoms with Gasteiger partial charge >= 0.3 is 0 Å². The van der Waals surface area contributed by atoms with Crippen LogP contribution in [0.2, 0.25) is 5.02 Å². The molecule has 1 saturated heterocycles. The molecule has 2 aliphatic heterocycles. The number of amides is 1. The minimum Gasteiger partial charge on any atom is -0.353 e. The summed E-state index contributed by atoms with van der Waals surface area (Å²) in [5.74, 6) is 1.17. The second kappa shape index (κ2) is 8.60. The van der Waals surface area contributed by atoms with Gasteiger partial charge in [-0.05, 0) is 47.3 Å². The van der Waals surface area contributed by atoms with Gasteiger partial charge in [0.2, 0.25) is 5.91 Å². The molecular formula is C21H22BrClN4OS. The highest BCUT2D eigenvalue weighted by molar-refractivity contribution is 8.93. The molecule has 0 atom stereocenters. The quantitative estimate of drug-likeness (QED) is 0.586. The summed E-state index contributed by atoms with van der Waals surface area (Å²) in [6, 6.07) is 12.4. The molecule has 5 nitrogen and oxygen atoms in total. The summed E-state index contributed by atoms with van der Waals surface area (Å²) in [6.45, 7) is 5.00. The molecule has 1 aromatic heterocycles. The molecule has 0 unspecified atom stereocenters. The summed E-state index contributed by atoms with van der Waals surface area (Å²) >= 11 is 8.01. The fourth-order valence-electron chi connectivity index (χ4n) is 4.05. The van der Waals surface area contributed by atoms with Crippen molar-refractivity contribution >= 4 is 67.6 Å². The predicted octanol–water partition coefficient (Wildman–Crippen LogP) is 4.39. The zero-order valence-electron chi connectivity index (χ0n) is 15.9. The van der Waals surface area contributed by atoms with Crippen molar-refractivity contribution in [2.45, 2.75) is 12.8 Å². The molecular weight excluding hydrogens is 472 g/mol. The van der Waals surface area contributed by atoms with E-state index in [0.29, 0.717) is 6.42 Å². The Labute approximate surface area is 189 Å². The van der Waals surface area contributed by atoms with Crippen molar-refractivity contribution < 1.29 is 4.79 Å². The molecule has 3 heterocycles. The molecule has 0 spiro atoms. The molecule has 1 amide bonds. The Balaban J connectivity index is 0.00000205. The molecule has 1 fully saturated rings. The number of aromatic nitrogens is 1. The molecule has 0 aliphatic carbocycles. The van der Waals surface area contributed by atoms with Gasteiger partial charge in [-0.3, -0.25) is 9.69 Å². The third-order valence-corrected chi connectivity index (χ3v) is 6.79. The van der Waals surface area contributed by atoms with E-state index in [1.807, 2.05) is 6.07 Å². The Morgan fingerprint density at radius 2 is 1.93 bits per heavy atom. The second-order valence-corrected chi connectivity index (χ2v) is 8.62. The van der Waals surface area contributed by atoms with Crippen molar-refractivity contribution in [2.75, 3.05) is 42.9 Å². The lowest BCUT2D eigenvalue weighted by Gasteiger charge is -2.35. The number of piperazine rings is 1. The Morgan fingerprint density at radius 3 is 2.76 bits per heavy atom. The van der Waals surface area contributed by atoms with Crippen molar-refractivity contribution in [1.29, 1.82) is 0 Å². The standard InChI is InChI=1S/C21H21ClN4OS.BrH/c22-17-13-18-15(12-20(27)23-18)11-14(17)5-6-25-7-9-26(10-8-25)21-16-3-1-2-4-19(16)28-24-21;/h1-4,11,13H,5-10,12H2,(H,23,27);1H. The van der Waals surface area contributed by atoms with Gasteiger partial charge in [0.15, 0.2) is 0 Å². The largest absolute Gasteiger partial charge is 0.353 e. The summed E-state index contributed by atoms with van der Waals surface area (Å²) in [7, 11) is 0. The molecule has 29 heavy (non-hydrogen) atoms. The second-order valence-electron chi connectivity index (χ2n) is 7.41. The van der Waals surface area contributed by atoms with E-state index in [1.54, 1.807) is 11.5 Å². The van der Waals surface area contributed by atoms with E-state index in [4.69, 9.17) is 11.6 Å². The van der Waals surface area contributed by atoms with Crippen LogP contribution < -0.4 is 10.2 Å². The average molecular weight is 494 g/mol. The Kier molecular flexibility index (Phi) is 6.11. The third kappa shape index (κ3) is 4.14. The van der Waals surface area contributed by atoms with E-state index in [1.165, 1.54) is 10.1 Å². The van der Waals surface area contributed by atoms with E-state index in [9.17, 15) is 4.79 Å². The van der Waals surface area contributed by atoms with Crippen molar-refractivity contribution in [3.63, 3.8) is 0 Å². The number of rotatable bonds is 4. The van der Waals surface area contributed by atoms with E-state index >= 15 is 0 Å². The Bertz CT molecular complexity index is 1050. The van der Waals surface area contributed by atoms with Gasteiger partial charge in [0.25, 0.3) is 0 Å². The van der Waals surface area contributed by atoms with Gasteiger partial charge < -0.3 is 10.2 Å². The van der Waals surface area contributed by atoms with Gasteiger partial charge in [-0.15, -0.1) is 17.0 Å². The van der Waals surface area contributed by atoms with Crippen LogP contribution in [0.3, 0.4) is 0 Å². The lowest BCUT2D eigenvalue weighted by atomic mass is 10.1. The third-order valence-electron chi connectivity index (χ3n) is 5.62.